The van der Waals surface area contributed by atoms with Gasteiger partial charge in [0.25, 0.3) is 0 Å². The van der Waals surface area contributed by atoms with E-state index in [1.54, 1.807) is 19.4 Å². The fraction of sp³-hybridized carbons (Fsp3) is 0.862. The van der Waals surface area contributed by atoms with E-state index in [1.807, 2.05) is 0 Å². The minimum Gasteiger partial charge on any atom is -0.414 e. The van der Waals surface area contributed by atoms with Crippen LogP contribution in [0.25, 0.3) is 0 Å². The molecule has 0 amide bonds. The smallest absolute Gasteiger partial charge is 0.192 e. The molecule has 6 atom stereocenters. The van der Waals surface area contributed by atoms with E-state index in [9.17, 15) is 5.11 Å². The number of fused-ring (bicyclic) bond motifs is 5. The number of rotatable bonds is 3. The van der Waals surface area contributed by atoms with Gasteiger partial charge in [0, 0.05) is 6.10 Å². The zero-order chi connectivity index (χ0) is 24.6. The van der Waals surface area contributed by atoms with Crippen LogP contribution < -0.4 is 0 Å². The molecule has 0 aromatic heterocycles. The Balaban J connectivity index is 1.56. The van der Waals surface area contributed by atoms with Crippen LogP contribution in [0.5, 0.6) is 0 Å². The van der Waals surface area contributed by atoms with Gasteiger partial charge in [-0.05, 0) is 118 Å². The first-order valence-electron chi connectivity index (χ1n) is 13.5. The Kier molecular flexibility index (Phi) is 6.24. The van der Waals surface area contributed by atoms with E-state index in [2.05, 4.69) is 53.8 Å². The highest BCUT2D eigenvalue weighted by Gasteiger charge is 2.58. The molecule has 0 saturated heterocycles. The molecule has 188 valence electrons. The number of hydrogen-bond acceptors (Lipinski definition) is 2. The number of hydrogen-bond donors (Lipinski definition) is 1. The highest BCUT2D eigenvalue weighted by molar-refractivity contribution is 6.74. The van der Waals surface area contributed by atoms with E-state index in [1.165, 1.54) is 19.3 Å². The Labute approximate surface area is 203 Å². The standard InChI is InChI=1S/C29H49FO2Si/c1-26(2,3)33(8,9)32-20-14-16-28(6)19(18-20)10-11-21-22-12-13-24(25(30)27(4,5)31)29(22,7)17-15-23(21)28/h10,20-23,31H,11-18H2,1-9H3/b25-24+/t20-,21?,22?,23?,28-,29-/m0/s1. The van der Waals surface area contributed by atoms with Gasteiger partial charge >= 0.3 is 0 Å². The molecule has 3 saturated carbocycles. The van der Waals surface area contributed by atoms with Crippen LogP contribution in [0.15, 0.2) is 23.0 Å². The lowest BCUT2D eigenvalue weighted by Crippen LogP contribution is -2.51. The summed E-state index contributed by atoms with van der Waals surface area (Å²) < 4.78 is 22.1. The molecule has 0 spiro atoms. The second-order valence-corrected chi connectivity index (χ2v) is 19.1. The van der Waals surface area contributed by atoms with Gasteiger partial charge in [-0.1, -0.05) is 46.3 Å². The first-order chi connectivity index (χ1) is 15.0. The minimum atomic E-state index is -1.76. The van der Waals surface area contributed by atoms with Crippen molar-refractivity contribution in [2.45, 2.75) is 130 Å². The molecule has 0 radical (unpaired) electrons. The molecule has 4 aliphatic rings. The normalized spacial score (nSPS) is 41.1. The summed E-state index contributed by atoms with van der Waals surface area (Å²) in [5.41, 5.74) is 1.40. The SMILES string of the molecule is CC(C)(O)/C(F)=C1/CCC2C3CC=C4C[C@@H](O[Si](C)(C)C(C)(C)C)CC[C@]4(C)C3CC[C@]12C. The topological polar surface area (TPSA) is 29.5 Å². The third-order valence-corrected chi connectivity index (χ3v) is 15.4. The molecule has 4 rings (SSSR count). The lowest BCUT2D eigenvalue weighted by Gasteiger charge is -2.58. The Bertz CT molecular complexity index is 845. The van der Waals surface area contributed by atoms with Crippen molar-refractivity contribution in [1.29, 1.82) is 0 Å². The Hall–Kier alpha value is -0.453. The fourth-order valence-electron chi connectivity index (χ4n) is 7.86. The van der Waals surface area contributed by atoms with Gasteiger partial charge in [-0.3, -0.25) is 0 Å². The predicted octanol–water partition coefficient (Wildman–Crippen LogP) is 8.33. The van der Waals surface area contributed by atoms with Crippen molar-refractivity contribution in [1.82, 2.24) is 0 Å². The molecule has 33 heavy (non-hydrogen) atoms. The maximum Gasteiger partial charge on any atom is 0.192 e. The zero-order valence-corrected chi connectivity index (χ0v) is 23.8. The zero-order valence-electron chi connectivity index (χ0n) is 22.8. The number of aliphatic hydroxyl groups is 1. The second kappa shape index (κ2) is 8.03. The van der Waals surface area contributed by atoms with E-state index >= 15 is 4.39 Å². The highest BCUT2D eigenvalue weighted by Crippen LogP contribution is 2.67. The maximum atomic E-state index is 15.3. The summed E-state index contributed by atoms with van der Waals surface area (Å²) in [4.78, 5) is 0. The molecular formula is C29H49FO2Si. The average Bonchev–Trinajstić information content (AvgIpc) is 3.03. The van der Waals surface area contributed by atoms with Crippen molar-refractivity contribution in [3.63, 3.8) is 0 Å². The molecule has 0 bridgehead atoms. The van der Waals surface area contributed by atoms with Gasteiger partial charge < -0.3 is 9.53 Å². The Morgan fingerprint density at radius 1 is 1.03 bits per heavy atom. The minimum absolute atomic E-state index is 0.0877. The van der Waals surface area contributed by atoms with Gasteiger partial charge in [-0.2, -0.15) is 0 Å². The van der Waals surface area contributed by atoms with Gasteiger partial charge in [0.05, 0.1) is 0 Å². The van der Waals surface area contributed by atoms with Gasteiger partial charge in [0.2, 0.25) is 0 Å². The molecule has 0 aromatic rings. The molecule has 1 N–H and O–H groups in total. The van der Waals surface area contributed by atoms with E-state index in [0.29, 0.717) is 23.9 Å². The fourth-order valence-corrected chi connectivity index (χ4v) is 9.25. The van der Waals surface area contributed by atoms with Gasteiger partial charge in [-0.15, -0.1) is 0 Å². The average molecular weight is 477 g/mol. The highest BCUT2D eigenvalue weighted by atomic mass is 28.4. The first kappa shape index (κ1) is 25.6. The number of allylic oxidation sites excluding steroid dienone is 2. The molecule has 0 heterocycles. The van der Waals surface area contributed by atoms with Crippen LogP contribution in [0, 0.1) is 28.6 Å². The van der Waals surface area contributed by atoms with Crippen molar-refractivity contribution in [2.75, 3.05) is 0 Å². The van der Waals surface area contributed by atoms with Crippen LogP contribution in [-0.4, -0.2) is 25.1 Å². The molecule has 0 aliphatic heterocycles. The molecule has 4 aliphatic carbocycles. The molecule has 3 unspecified atom stereocenters. The first-order valence-corrected chi connectivity index (χ1v) is 16.4. The van der Waals surface area contributed by atoms with Crippen LogP contribution in [-0.2, 0) is 4.43 Å². The molecule has 4 heteroatoms. The largest absolute Gasteiger partial charge is 0.414 e. The quantitative estimate of drug-likeness (QED) is 0.328. The van der Waals surface area contributed by atoms with E-state index < -0.39 is 13.9 Å². The Morgan fingerprint density at radius 3 is 2.24 bits per heavy atom. The number of halogens is 1. The lowest BCUT2D eigenvalue weighted by molar-refractivity contribution is -0.0269. The van der Waals surface area contributed by atoms with E-state index in [-0.39, 0.29) is 21.7 Å². The van der Waals surface area contributed by atoms with Crippen molar-refractivity contribution in [2.24, 2.45) is 28.6 Å². The van der Waals surface area contributed by atoms with Crippen LogP contribution in [0.4, 0.5) is 4.39 Å². The maximum absolute atomic E-state index is 15.3. The summed E-state index contributed by atoms with van der Waals surface area (Å²) in [5, 5.41) is 10.6. The van der Waals surface area contributed by atoms with Crippen LogP contribution in [0.2, 0.25) is 18.1 Å². The predicted molar refractivity (Wildman–Crippen MR) is 138 cm³/mol. The summed E-state index contributed by atoms with van der Waals surface area (Å²) in [7, 11) is -1.76. The molecule has 2 nitrogen and oxygen atoms in total. The third kappa shape index (κ3) is 4.14. The molecular weight excluding hydrogens is 427 g/mol. The van der Waals surface area contributed by atoms with Crippen molar-refractivity contribution >= 4 is 8.32 Å². The summed E-state index contributed by atoms with van der Waals surface area (Å²) in [6.45, 7) is 19.8. The van der Waals surface area contributed by atoms with E-state index in [4.69, 9.17) is 4.43 Å². The summed E-state index contributed by atoms with van der Waals surface area (Å²) >= 11 is 0. The van der Waals surface area contributed by atoms with Crippen LogP contribution in [0.3, 0.4) is 0 Å². The van der Waals surface area contributed by atoms with Crippen LogP contribution in [0.1, 0.15) is 99.8 Å². The summed E-state index contributed by atoms with van der Waals surface area (Å²) in [5.74, 6) is 1.62. The lowest BCUT2D eigenvalue weighted by atomic mass is 9.47. The van der Waals surface area contributed by atoms with Gasteiger partial charge in [-0.25, -0.2) is 4.39 Å². The third-order valence-electron chi connectivity index (χ3n) is 10.9. The monoisotopic (exact) mass is 476 g/mol. The van der Waals surface area contributed by atoms with Crippen molar-refractivity contribution < 1.29 is 13.9 Å². The Morgan fingerprint density at radius 2 is 1.64 bits per heavy atom. The van der Waals surface area contributed by atoms with Gasteiger partial charge in [0.1, 0.15) is 11.4 Å². The molecule has 3 fully saturated rings. The summed E-state index contributed by atoms with van der Waals surface area (Å²) in [6, 6.07) is 0. The van der Waals surface area contributed by atoms with Gasteiger partial charge in [0.15, 0.2) is 8.32 Å². The van der Waals surface area contributed by atoms with E-state index in [0.717, 1.165) is 37.7 Å². The van der Waals surface area contributed by atoms with Crippen molar-refractivity contribution in [3.05, 3.63) is 23.0 Å². The van der Waals surface area contributed by atoms with Crippen molar-refractivity contribution in [3.8, 4) is 0 Å². The van der Waals surface area contributed by atoms with Crippen LogP contribution >= 0.6 is 0 Å². The summed E-state index contributed by atoms with van der Waals surface area (Å²) in [6.07, 6.45) is 11.7. The molecule has 0 aromatic carbocycles. The second-order valence-electron chi connectivity index (χ2n) is 14.3.